The second-order valence-corrected chi connectivity index (χ2v) is 3.81. The van der Waals surface area contributed by atoms with Gasteiger partial charge >= 0.3 is 5.97 Å². The molecular weight excluding hydrogens is 232 g/mol. The molecule has 0 aliphatic heterocycles. The van der Waals surface area contributed by atoms with Crippen molar-refractivity contribution in [1.82, 2.24) is 15.0 Å². The van der Waals surface area contributed by atoms with E-state index < -0.39 is 12.0 Å². The first-order chi connectivity index (χ1) is 8.58. The van der Waals surface area contributed by atoms with Gasteiger partial charge in [-0.15, -0.1) is 0 Å². The predicted octanol–water partition coefficient (Wildman–Crippen LogP) is 0.931. The zero-order valence-corrected chi connectivity index (χ0v) is 9.74. The van der Waals surface area contributed by atoms with Gasteiger partial charge in [-0.2, -0.15) is 0 Å². The zero-order valence-electron chi connectivity index (χ0n) is 9.74. The summed E-state index contributed by atoms with van der Waals surface area (Å²) in [6, 6.07) is 4.16. The van der Waals surface area contributed by atoms with Crippen LogP contribution in [0, 0.1) is 6.92 Å². The first-order valence-corrected chi connectivity index (χ1v) is 5.32. The van der Waals surface area contributed by atoms with E-state index in [4.69, 9.17) is 10.8 Å². The maximum atomic E-state index is 10.8. The molecule has 0 radical (unpaired) electrons. The summed E-state index contributed by atoms with van der Waals surface area (Å²) < 4.78 is 0. The van der Waals surface area contributed by atoms with Gasteiger partial charge in [0.05, 0.1) is 5.69 Å². The number of aryl methyl sites for hydroxylation is 1. The molecule has 0 spiro atoms. The number of rotatable bonds is 3. The van der Waals surface area contributed by atoms with Crippen LogP contribution in [-0.4, -0.2) is 26.0 Å². The summed E-state index contributed by atoms with van der Waals surface area (Å²) in [4.78, 5) is 23.0. The summed E-state index contributed by atoms with van der Waals surface area (Å²) in [5, 5.41) is 8.87. The van der Waals surface area contributed by atoms with Gasteiger partial charge in [-0.05, 0) is 25.1 Å². The maximum Gasteiger partial charge on any atom is 0.328 e. The average molecular weight is 244 g/mol. The van der Waals surface area contributed by atoms with E-state index >= 15 is 0 Å². The lowest BCUT2D eigenvalue weighted by Crippen LogP contribution is -2.23. The zero-order chi connectivity index (χ0) is 13.1. The number of pyridine rings is 1. The number of nitrogens with two attached hydrogens (primary N) is 1. The van der Waals surface area contributed by atoms with Crippen LogP contribution < -0.4 is 5.73 Å². The van der Waals surface area contributed by atoms with E-state index in [0.29, 0.717) is 11.4 Å². The maximum absolute atomic E-state index is 10.8. The second-order valence-electron chi connectivity index (χ2n) is 3.81. The molecule has 3 N–H and O–H groups in total. The highest BCUT2D eigenvalue weighted by Gasteiger charge is 2.18. The molecule has 2 rings (SSSR count). The average Bonchev–Trinajstić information content (AvgIpc) is 2.38. The molecule has 0 aromatic carbocycles. The Morgan fingerprint density at radius 2 is 2.22 bits per heavy atom. The third kappa shape index (κ3) is 2.49. The lowest BCUT2D eigenvalue weighted by molar-refractivity contribution is -0.138. The summed E-state index contributed by atoms with van der Waals surface area (Å²) in [7, 11) is 0. The molecule has 18 heavy (non-hydrogen) atoms. The fourth-order valence-corrected chi connectivity index (χ4v) is 1.50. The Bertz CT molecular complexity index is 572. The van der Waals surface area contributed by atoms with Crippen molar-refractivity contribution in [3.05, 3.63) is 42.1 Å². The normalized spacial score (nSPS) is 12.1. The lowest BCUT2D eigenvalue weighted by Gasteiger charge is -2.08. The summed E-state index contributed by atoms with van der Waals surface area (Å²) in [5.74, 6) is -1.06. The van der Waals surface area contributed by atoms with Crippen LogP contribution in [0.15, 0.2) is 30.6 Å². The molecule has 0 aliphatic carbocycles. The van der Waals surface area contributed by atoms with Gasteiger partial charge in [0.1, 0.15) is 0 Å². The van der Waals surface area contributed by atoms with Crippen LogP contribution in [0.1, 0.15) is 17.6 Å². The number of hydrogen-bond acceptors (Lipinski definition) is 5. The molecule has 0 bridgehead atoms. The smallest absolute Gasteiger partial charge is 0.328 e. The van der Waals surface area contributed by atoms with Crippen LogP contribution in [0.5, 0.6) is 0 Å². The van der Waals surface area contributed by atoms with Gasteiger partial charge in [0.25, 0.3) is 0 Å². The monoisotopic (exact) mass is 244 g/mol. The molecule has 0 amide bonds. The van der Waals surface area contributed by atoms with Crippen molar-refractivity contribution in [2.24, 2.45) is 5.73 Å². The Hall–Kier alpha value is -2.34. The molecule has 0 saturated carbocycles. The van der Waals surface area contributed by atoms with Crippen LogP contribution >= 0.6 is 0 Å². The minimum atomic E-state index is -1.22. The number of carboxylic acids is 1. The summed E-state index contributed by atoms with van der Waals surface area (Å²) in [5.41, 5.74) is 7.58. The van der Waals surface area contributed by atoms with Gasteiger partial charge < -0.3 is 10.8 Å². The van der Waals surface area contributed by atoms with Crippen LogP contribution in [-0.2, 0) is 4.79 Å². The quantitative estimate of drug-likeness (QED) is 0.832. The van der Waals surface area contributed by atoms with E-state index in [1.54, 1.807) is 31.5 Å². The summed E-state index contributed by atoms with van der Waals surface area (Å²) in [6.07, 6.45) is 3.30. The number of aliphatic carboxylic acids is 1. The van der Waals surface area contributed by atoms with Crippen LogP contribution in [0.3, 0.4) is 0 Å². The van der Waals surface area contributed by atoms with Crippen LogP contribution in [0.4, 0.5) is 0 Å². The van der Waals surface area contributed by atoms with Crippen LogP contribution in [0.25, 0.3) is 11.3 Å². The first kappa shape index (κ1) is 12.1. The van der Waals surface area contributed by atoms with E-state index in [2.05, 4.69) is 15.0 Å². The van der Waals surface area contributed by atoms with E-state index in [1.165, 1.54) is 0 Å². The number of carbonyl (C=O) groups is 1. The Morgan fingerprint density at radius 3 is 2.83 bits per heavy atom. The Kier molecular flexibility index (Phi) is 3.29. The molecule has 2 heterocycles. The predicted molar refractivity (Wildman–Crippen MR) is 64.6 cm³/mol. The van der Waals surface area contributed by atoms with E-state index in [1.807, 2.05) is 6.07 Å². The minimum Gasteiger partial charge on any atom is -0.480 e. The van der Waals surface area contributed by atoms with Crippen molar-refractivity contribution in [2.75, 3.05) is 0 Å². The standard InChI is InChI=1S/C12H12N4O2/c1-7-5-9(8-3-2-4-14-6-8)16-11(15-7)10(13)12(17)18/h2-6,10H,13H2,1H3,(H,17,18). The van der Waals surface area contributed by atoms with Crippen molar-refractivity contribution in [2.45, 2.75) is 13.0 Å². The summed E-state index contributed by atoms with van der Waals surface area (Å²) in [6.45, 7) is 1.76. The third-order valence-electron chi connectivity index (χ3n) is 2.37. The fraction of sp³-hybridized carbons (Fsp3) is 0.167. The van der Waals surface area contributed by atoms with Crippen LogP contribution in [0.2, 0.25) is 0 Å². The molecule has 0 aliphatic rings. The molecule has 0 fully saturated rings. The van der Waals surface area contributed by atoms with Gasteiger partial charge in [-0.1, -0.05) is 0 Å². The Labute approximate surface area is 104 Å². The molecule has 6 nitrogen and oxygen atoms in total. The van der Waals surface area contributed by atoms with Crippen molar-refractivity contribution in [3.63, 3.8) is 0 Å². The molecule has 1 atom stereocenters. The number of aromatic nitrogens is 3. The number of nitrogens with zero attached hydrogens (tertiary/aromatic N) is 3. The first-order valence-electron chi connectivity index (χ1n) is 5.32. The molecule has 2 aromatic heterocycles. The van der Waals surface area contributed by atoms with Crippen molar-refractivity contribution in [3.8, 4) is 11.3 Å². The summed E-state index contributed by atoms with van der Waals surface area (Å²) >= 11 is 0. The Balaban J connectivity index is 2.48. The largest absolute Gasteiger partial charge is 0.480 e. The molecule has 2 aromatic rings. The van der Waals surface area contributed by atoms with Gasteiger partial charge in [-0.25, -0.2) is 9.97 Å². The highest BCUT2D eigenvalue weighted by molar-refractivity contribution is 5.74. The van der Waals surface area contributed by atoms with Gasteiger partial charge in [0.2, 0.25) is 0 Å². The molecule has 0 saturated heterocycles. The highest BCUT2D eigenvalue weighted by Crippen LogP contribution is 2.18. The SMILES string of the molecule is Cc1cc(-c2cccnc2)nc(C(N)C(=O)O)n1. The van der Waals surface area contributed by atoms with Crippen molar-refractivity contribution < 1.29 is 9.90 Å². The second kappa shape index (κ2) is 4.89. The fourth-order valence-electron chi connectivity index (χ4n) is 1.50. The van der Waals surface area contributed by atoms with E-state index in [0.717, 1.165) is 5.56 Å². The highest BCUT2D eigenvalue weighted by atomic mass is 16.4. The van der Waals surface area contributed by atoms with Gasteiger partial charge in [-0.3, -0.25) is 9.78 Å². The van der Waals surface area contributed by atoms with Gasteiger partial charge in [0.15, 0.2) is 11.9 Å². The Morgan fingerprint density at radius 1 is 1.44 bits per heavy atom. The van der Waals surface area contributed by atoms with Crippen molar-refractivity contribution in [1.29, 1.82) is 0 Å². The minimum absolute atomic E-state index is 0.0985. The van der Waals surface area contributed by atoms with Crippen molar-refractivity contribution >= 4 is 5.97 Å². The van der Waals surface area contributed by atoms with E-state index in [9.17, 15) is 4.79 Å². The molecular formula is C12H12N4O2. The molecule has 1 unspecified atom stereocenters. The number of hydrogen-bond donors (Lipinski definition) is 2. The topological polar surface area (TPSA) is 102 Å². The van der Waals surface area contributed by atoms with Gasteiger partial charge in [0, 0.05) is 23.7 Å². The molecule has 6 heteroatoms. The third-order valence-corrected chi connectivity index (χ3v) is 2.37. The van der Waals surface area contributed by atoms with E-state index in [-0.39, 0.29) is 5.82 Å². The number of carboxylic acid groups (broad SMARTS) is 1. The molecule has 92 valence electrons. The lowest BCUT2D eigenvalue weighted by atomic mass is 10.1.